The third-order valence-electron chi connectivity index (χ3n) is 7.75. The largest absolute Gasteiger partial charge is 0.494 e. The van der Waals surface area contributed by atoms with Gasteiger partial charge in [-0.15, -0.1) is 0 Å². The molecule has 236 valence electrons. The van der Waals surface area contributed by atoms with Crippen LogP contribution in [0.15, 0.2) is 71.6 Å². The van der Waals surface area contributed by atoms with Crippen molar-refractivity contribution < 1.29 is 22.7 Å². The van der Waals surface area contributed by atoms with Gasteiger partial charge in [0.25, 0.3) is 10.0 Å². The van der Waals surface area contributed by atoms with Gasteiger partial charge >= 0.3 is 0 Å². The Kier molecular flexibility index (Phi) is 11.6. The van der Waals surface area contributed by atoms with Crippen molar-refractivity contribution in [3.8, 4) is 5.75 Å². The van der Waals surface area contributed by atoms with Crippen LogP contribution in [-0.2, 0) is 26.2 Å². The van der Waals surface area contributed by atoms with Gasteiger partial charge in [-0.3, -0.25) is 13.9 Å². The fourth-order valence-corrected chi connectivity index (χ4v) is 7.10. The molecule has 1 N–H and O–H groups in total. The molecule has 44 heavy (non-hydrogen) atoms. The van der Waals surface area contributed by atoms with Gasteiger partial charge in [-0.1, -0.05) is 66.7 Å². The second-order valence-corrected chi connectivity index (χ2v) is 13.6. The summed E-state index contributed by atoms with van der Waals surface area (Å²) in [6, 6.07) is 17.3. The van der Waals surface area contributed by atoms with Gasteiger partial charge in [-0.2, -0.15) is 0 Å². The van der Waals surface area contributed by atoms with E-state index in [0.717, 1.165) is 35.6 Å². The standard InChI is InChI=1S/C33H39Cl2N3O5S/c1-4-31(33(40)36-25-8-6-7-9-25)37(21-24-12-19-29(34)30(35)20-24)32(39)22-38(26-13-15-27(16-14-26)43-5-2)44(41,42)28-17-10-23(3)11-18-28/h10-20,25,31H,4-9,21-22H2,1-3H3,(H,36,40)/t31-/m1/s1. The van der Waals surface area contributed by atoms with Crippen LogP contribution in [0.4, 0.5) is 5.69 Å². The Morgan fingerprint density at radius 1 is 0.955 bits per heavy atom. The van der Waals surface area contributed by atoms with Gasteiger partial charge in [-0.25, -0.2) is 8.42 Å². The second-order valence-electron chi connectivity index (χ2n) is 10.9. The smallest absolute Gasteiger partial charge is 0.264 e. The van der Waals surface area contributed by atoms with Gasteiger partial charge in [0, 0.05) is 12.6 Å². The lowest BCUT2D eigenvalue weighted by Gasteiger charge is -2.34. The summed E-state index contributed by atoms with van der Waals surface area (Å²) in [6.07, 6.45) is 4.20. The van der Waals surface area contributed by atoms with Crippen molar-refractivity contribution in [3.05, 3.63) is 87.9 Å². The predicted octanol–water partition coefficient (Wildman–Crippen LogP) is 6.76. The Labute approximate surface area is 270 Å². The van der Waals surface area contributed by atoms with E-state index in [1.54, 1.807) is 54.6 Å². The molecule has 1 aliphatic rings. The molecule has 0 spiro atoms. The molecule has 8 nitrogen and oxygen atoms in total. The van der Waals surface area contributed by atoms with E-state index >= 15 is 0 Å². The number of amides is 2. The van der Waals surface area contributed by atoms with E-state index < -0.39 is 28.5 Å². The number of carbonyl (C=O) groups is 2. The predicted molar refractivity (Wildman–Crippen MR) is 175 cm³/mol. The molecule has 3 aromatic carbocycles. The number of hydrogen-bond donors (Lipinski definition) is 1. The van der Waals surface area contributed by atoms with Gasteiger partial charge in [-0.05, 0) is 87.2 Å². The van der Waals surface area contributed by atoms with Gasteiger partial charge in [0.05, 0.1) is 27.2 Å². The minimum atomic E-state index is -4.18. The van der Waals surface area contributed by atoms with Crippen molar-refractivity contribution >= 4 is 50.7 Å². The van der Waals surface area contributed by atoms with Crippen LogP contribution in [0.5, 0.6) is 5.75 Å². The molecule has 0 aliphatic heterocycles. The van der Waals surface area contributed by atoms with Crippen LogP contribution in [0.3, 0.4) is 0 Å². The summed E-state index contributed by atoms with van der Waals surface area (Å²) >= 11 is 12.4. The summed E-state index contributed by atoms with van der Waals surface area (Å²) in [4.78, 5) is 29.4. The fraction of sp³-hybridized carbons (Fsp3) is 0.394. The molecular weight excluding hydrogens is 621 g/mol. The Morgan fingerprint density at radius 2 is 1.61 bits per heavy atom. The first-order valence-electron chi connectivity index (χ1n) is 14.9. The number of sulfonamides is 1. The number of carbonyl (C=O) groups excluding carboxylic acids is 2. The summed E-state index contributed by atoms with van der Waals surface area (Å²) in [5, 5.41) is 3.79. The van der Waals surface area contributed by atoms with E-state index in [1.165, 1.54) is 17.0 Å². The minimum absolute atomic E-state index is 0.0357. The average molecular weight is 661 g/mol. The van der Waals surface area contributed by atoms with Gasteiger partial charge < -0.3 is 15.0 Å². The highest BCUT2D eigenvalue weighted by Crippen LogP contribution is 2.28. The summed E-state index contributed by atoms with van der Waals surface area (Å²) in [7, 11) is -4.18. The van der Waals surface area contributed by atoms with Crippen molar-refractivity contribution in [2.75, 3.05) is 17.5 Å². The molecule has 0 radical (unpaired) electrons. The Bertz CT molecular complexity index is 1540. The molecule has 1 fully saturated rings. The number of aryl methyl sites for hydroxylation is 1. The van der Waals surface area contributed by atoms with E-state index in [2.05, 4.69) is 5.32 Å². The first kappa shape index (κ1) is 33.6. The molecule has 11 heteroatoms. The molecule has 4 rings (SSSR count). The number of hydrogen-bond acceptors (Lipinski definition) is 5. The SMILES string of the molecule is CCOc1ccc(N(CC(=O)N(Cc2ccc(Cl)c(Cl)c2)[C@H](CC)C(=O)NC2CCCC2)S(=O)(=O)c2ccc(C)cc2)cc1. The first-order chi connectivity index (χ1) is 21.0. The fourth-order valence-electron chi connectivity index (χ4n) is 5.36. The van der Waals surface area contributed by atoms with Crippen LogP contribution in [0.1, 0.15) is 57.1 Å². The van der Waals surface area contributed by atoms with Crippen LogP contribution in [0.25, 0.3) is 0 Å². The number of nitrogens with zero attached hydrogens (tertiary/aromatic N) is 2. The monoisotopic (exact) mass is 659 g/mol. The summed E-state index contributed by atoms with van der Waals surface area (Å²) in [6.45, 7) is 5.52. The quantitative estimate of drug-likeness (QED) is 0.219. The number of ether oxygens (including phenoxy) is 1. The molecule has 0 aromatic heterocycles. The maximum Gasteiger partial charge on any atom is 0.264 e. The lowest BCUT2D eigenvalue weighted by Crippen LogP contribution is -2.53. The molecule has 0 bridgehead atoms. The van der Waals surface area contributed by atoms with E-state index in [1.807, 2.05) is 20.8 Å². The summed E-state index contributed by atoms with van der Waals surface area (Å²) in [5.41, 5.74) is 1.86. The third-order valence-corrected chi connectivity index (χ3v) is 10.3. The van der Waals surface area contributed by atoms with Crippen molar-refractivity contribution in [2.45, 2.75) is 76.4 Å². The van der Waals surface area contributed by atoms with E-state index in [9.17, 15) is 18.0 Å². The average Bonchev–Trinajstić information content (AvgIpc) is 3.51. The van der Waals surface area contributed by atoms with Crippen molar-refractivity contribution in [2.24, 2.45) is 0 Å². The normalized spacial score (nSPS) is 14.2. The van der Waals surface area contributed by atoms with Gasteiger partial charge in [0.2, 0.25) is 11.8 Å². The van der Waals surface area contributed by atoms with Crippen LogP contribution >= 0.6 is 23.2 Å². The number of halogens is 2. The topological polar surface area (TPSA) is 96.0 Å². The van der Waals surface area contributed by atoms with Crippen LogP contribution < -0.4 is 14.4 Å². The first-order valence-corrected chi connectivity index (χ1v) is 17.1. The lowest BCUT2D eigenvalue weighted by atomic mass is 10.1. The maximum atomic E-state index is 14.3. The number of benzene rings is 3. The highest BCUT2D eigenvalue weighted by molar-refractivity contribution is 7.92. The highest BCUT2D eigenvalue weighted by Gasteiger charge is 2.34. The van der Waals surface area contributed by atoms with Crippen LogP contribution in [-0.4, -0.2) is 50.4 Å². The summed E-state index contributed by atoms with van der Waals surface area (Å²) < 4.78 is 34.8. The molecule has 2 amide bonds. The Morgan fingerprint density at radius 3 is 2.20 bits per heavy atom. The summed E-state index contributed by atoms with van der Waals surface area (Å²) in [5.74, 6) is -0.220. The number of anilines is 1. The number of nitrogens with one attached hydrogen (secondary N) is 1. The van der Waals surface area contributed by atoms with Gasteiger partial charge in [0.15, 0.2) is 0 Å². The van der Waals surface area contributed by atoms with Crippen molar-refractivity contribution in [3.63, 3.8) is 0 Å². The van der Waals surface area contributed by atoms with E-state index in [0.29, 0.717) is 40.1 Å². The zero-order chi connectivity index (χ0) is 31.9. The van der Waals surface area contributed by atoms with Crippen LogP contribution in [0, 0.1) is 6.92 Å². The molecular formula is C33H39Cl2N3O5S. The zero-order valence-corrected chi connectivity index (χ0v) is 27.6. The molecule has 1 saturated carbocycles. The third kappa shape index (κ3) is 8.25. The molecule has 0 unspecified atom stereocenters. The van der Waals surface area contributed by atoms with E-state index in [-0.39, 0.29) is 23.4 Å². The molecule has 1 atom stereocenters. The van der Waals surface area contributed by atoms with Crippen LogP contribution in [0.2, 0.25) is 10.0 Å². The number of rotatable bonds is 13. The van der Waals surface area contributed by atoms with Crippen molar-refractivity contribution in [1.29, 1.82) is 0 Å². The Hall–Kier alpha value is -3.27. The van der Waals surface area contributed by atoms with Crippen molar-refractivity contribution in [1.82, 2.24) is 10.2 Å². The zero-order valence-electron chi connectivity index (χ0n) is 25.3. The Balaban J connectivity index is 1.72. The minimum Gasteiger partial charge on any atom is -0.494 e. The maximum absolute atomic E-state index is 14.3. The van der Waals surface area contributed by atoms with Gasteiger partial charge in [0.1, 0.15) is 18.3 Å². The highest BCUT2D eigenvalue weighted by atomic mass is 35.5. The molecule has 1 aliphatic carbocycles. The lowest BCUT2D eigenvalue weighted by molar-refractivity contribution is -0.140. The molecule has 3 aromatic rings. The second kappa shape index (κ2) is 15.1. The molecule has 0 heterocycles. The van der Waals surface area contributed by atoms with E-state index in [4.69, 9.17) is 27.9 Å². The molecule has 0 saturated heterocycles.